The van der Waals surface area contributed by atoms with Crippen LogP contribution in [0.4, 0.5) is 4.39 Å². The molecule has 0 spiro atoms. The molecule has 1 fully saturated rings. The highest BCUT2D eigenvalue weighted by molar-refractivity contribution is 6.30. The van der Waals surface area contributed by atoms with Crippen LogP contribution in [-0.4, -0.2) is 23.1 Å². The summed E-state index contributed by atoms with van der Waals surface area (Å²) in [6.45, 7) is 2.42. The lowest BCUT2D eigenvalue weighted by molar-refractivity contribution is -0.0277. The summed E-state index contributed by atoms with van der Waals surface area (Å²) in [7, 11) is 0. The summed E-state index contributed by atoms with van der Waals surface area (Å²) < 4.78 is 12.9. The van der Waals surface area contributed by atoms with Crippen LogP contribution in [0.5, 0.6) is 0 Å². The quantitative estimate of drug-likeness (QED) is 0.925. The van der Waals surface area contributed by atoms with E-state index in [0.717, 1.165) is 30.8 Å². The Labute approximate surface area is 135 Å². The molecule has 116 valence electrons. The smallest absolute Gasteiger partial charge is 0.123 e. The summed E-state index contributed by atoms with van der Waals surface area (Å²) in [6.07, 6.45) is 1.38. The fourth-order valence-corrected chi connectivity index (χ4v) is 3.10. The number of aliphatic hydroxyl groups is 1. The summed E-state index contributed by atoms with van der Waals surface area (Å²) >= 11 is 5.90. The average Bonchev–Trinajstić information content (AvgIpc) is 2.52. The van der Waals surface area contributed by atoms with Crippen LogP contribution in [0.2, 0.25) is 5.02 Å². The van der Waals surface area contributed by atoms with Gasteiger partial charge in [-0.1, -0.05) is 35.9 Å². The van der Waals surface area contributed by atoms with E-state index >= 15 is 0 Å². The van der Waals surface area contributed by atoms with Gasteiger partial charge < -0.3 is 5.11 Å². The molecule has 1 aliphatic rings. The highest BCUT2D eigenvalue weighted by Gasteiger charge is 2.33. The molecule has 1 aliphatic heterocycles. The normalized spacial score (nSPS) is 18.3. The molecule has 3 rings (SSSR count). The largest absolute Gasteiger partial charge is 0.385 e. The molecule has 0 atom stereocenters. The predicted molar refractivity (Wildman–Crippen MR) is 86.3 cm³/mol. The van der Waals surface area contributed by atoms with E-state index in [1.165, 1.54) is 12.1 Å². The molecule has 0 saturated carbocycles. The van der Waals surface area contributed by atoms with Crippen LogP contribution in [0.25, 0.3) is 0 Å². The van der Waals surface area contributed by atoms with Gasteiger partial charge in [-0.05, 0) is 48.2 Å². The minimum Gasteiger partial charge on any atom is -0.385 e. The zero-order chi connectivity index (χ0) is 15.6. The van der Waals surface area contributed by atoms with E-state index in [0.29, 0.717) is 17.9 Å². The highest BCUT2D eigenvalue weighted by atomic mass is 35.5. The minimum atomic E-state index is -0.774. The first-order valence-electron chi connectivity index (χ1n) is 7.50. The number of benzene rings is 2. The second-order valence-electron chi connectivity index (χ2n) is 5.94. The summed E-state index contributed by atoms with van der Waals surface area (Å²) in [5.74, 6) is -0.209. The van der Waals surface area contributed by atoms with Crippen molar-refractivity contribution in [1.82, 2.24) is 4.90 Å². The number of halogens is 2. The molecule has 4 heteroatoms. The molecule has 0 unspecified atom stereocenters. The minimum absolute atomic E-state index is 0.209. The molecule has 1 N–H and O–H groups in total. The van der Waals surface area contributed by atoms with Crippen LogP contribution >= 0.6 is 11.6 Å². The van der Waals surface area contributed by atoms with Crippen LogP contribution in [0.15, 0.2) is 48.5 Å². The maximum absolute atomic E-state index is 12.9. The number of hydrogen-bond acceptors (Lipinski definition) is 2. The molecule has 1 saturated heterocycles. The average molecular weight is 320 g/mol. The zero-order valence-electron chi connectivity index (χ0n) is 12.3. The maximum atomic E-state index is 12.9. The van der Waals surface area contributed by atoms with E-state index in [-0.39, 0.29) is 5.82 Å². The summed E-state index contributed by atoms with van der Waals surface area (Å²) in [5, 5.41) is 11.5. The maximum Gasteiger partial charge on any atom is 0.123 e. The first-order valence-corrected chi connectivity index (χ1v) is 7.88. The van der Waals surface area contributed by atoms with Gasteiger partial charge in [0.15, 0.2) is 0 Å². The van der Waals surface area contributed by atoms with Gasteiger partial charge in [0.1, 0.15) is 5.82 Å². The molecule has 0 bridgehead atoms. The van der Waals surface area contributed by atoms with Crippen LogP contribution in [0, 0.1) is 5.82 Å². The van der Waals surface area contributed by atoms with E-state index in [4.69, 9.17) is 11.6 Å². The lowest BCUT2D eigenvalue weighted by Crippen LogP contribution is -2.42. The van der Waals surface area contributed by atoms with Gasteiger partial charge in [-0.3, -0.25) is 4.90 Å². The van der Waals surface area contributed by atoms with Crippen molar-refractivity contribution in [2.24, 2.45) is 0 Å². The Morgan fingerprint density at radius 1 is 1.00 bits per heavy atom. The van der Waals surface area contributed by atoms with Crippen LogP contribution in [0.3, 0.4) is 0 Å². The third-order valence-corrected chi connectivity index (χ3v) is 4.64. The van der Waals surface area contributed by atoms with Gasteiger partial charge in [-0.25, -0.2) is 4.39 Å². The molecular weight excluding hydrogens is 301 g/mol. The molecule has 2 aromatic carbocycles. The SMILES string of the molecule is OC1(c2ccc(Cl)cc2)CCN(Cc2ccc(F)cc2)CC1. The van der Waals surface area contributed by atoms with Crippen molar-refractivity contribution in [2.45, 2.75) is 25.0 Å². The van der Waals surface area contributed by atoms with Crippen molar-refractivity contribution in [1.29, 1.82) is 0 Å². The molecule has 2 aromatic rings. The molecule has 0 aromatic heterocycles. The second-order valence-corrected chi connectivity index (χ2v) is 6.38. The van der Waals surface area contributed by atoms with E-state index in [2.05, 4.69) is 4.90 Å². The Kier molecular flexibility index (Phi) is 4.48. The van der Waals surface area contributed by atoms with Crippen molar-refractivity contribution < 1.29 is 9.50 Å². The fraction of sp³-hybridized carbons (Fsp3) is 0.333. The van der Waals surface area contributed by atoms with Crippen molar-refractivity contribution in [3.05, 3.63) is 70.5 Å². The molecular formula is C18H19ClFNO. The van der Waals surface area contributed by atoms with Gasteiger partial charge in [0, 0.05) is 24.7 Å². The number of hydrogen-bond donors (Lipinski definition) is 1. The third kappa shape index (κ3) is 3.49. The number of piperidine rings is 1. The van der Waals surface area contributed by atoms with E-state index in [1.54, 1.807) is 0 Å². The van der Waals surface area contributed by atoms with E-state index in [1.807, 2.05) is 36.4 Å². The zero-order valence-corrected chi connectivity index (χ0v) is 13.1. The molecule has 22 heavy (non-hydrogen) atoms. The van der Waals surface area contributed by atoms with E-state index in [9.17, 15) is 9.50 Å². The Hall–Kier alpha value is -1.42. The summed E-state index contributed by atoms with van der Waals surface area (Å²) in [6, 6.07) is 14.0. The number of rotatable bonds is 3. The third-order valence-electron chi connectivity index (χ3n) is 4.38. The first kappa shape index (κ1) is 15.5. The first-order chi connectivity index (χ1) is 10.5. The van der Waals surface area contributed by atoms with Gasteiger partial charge in [0.2, 0.25) is 0 Å². The Balaban J connectivity index is 1.62. The van der Waals surface area contributed by atoms with Crippen LogP contribution in [-0.2, 0) is 12.1 Å². The molecule has 2 nitrogen and oxygen atoms in total. The fourth-order valence-electron chi connectivity index (χ4n) is 2.98. The Morgan fingerprint density at radius 3 is 2.18 bits per heavy atom. The standard InChI is InChI=1S/C18H19ClFNO/c19-16-5-3-15(4-6-16)18(22)9-11-21(12-10-18)13-14-1-7-17(20)8-2-14/h1-8,22H,9-13H2. The van der Waals surface area contributed by atoms with Crippen LogP contribution in [0.1, 0.15) is 24.0 Å². The van der Waals surface area contributed by atoms with Gasteiger partial charge in [-0.2, -0.15) is 0 Å². The van der Waals surface area contributed by atoms with Gasteiger partial charge in [0.05, 0.1) is 5.60 Å². The van der Waals surface area contributed by atoms with Gasteiger partial charge in [-0.15, -0.1) is 0 Å². The highest BCUT2D eigenvalue weighted by Crippen LogP contribution is 2.33. The predicted octanol–water partition coefficient (Wildman–Crippen LogP) is 3.96. The second kappa shape index (κ2) is 6.37. The molecule has 1 heterocycles. The van der Waals surface area contributed by atoms with Crippen LogP contribution < -0.4 is 0 Å². The topological polar surface area (TPSA) is 23.5 Å². The number of likely N-dealkylation sites (tertiary alicyclic amines) is 1. The van der Waals surface area contributed by atoms with Crippen molar-refractivity contribution in [3.63, 3.8) is 0 Å². The van der Waals surface area contributed by atoms with E-state index < -0.39 is 5.60 Å². The number of nitrogens with zero attached hydrogens (tertiary/aromatic N) is 1. The van der Waals surface area contributed by atoms with Crippen molar-refractivity contribution in [3.8, 4) is 0 Å². The molecule has 0 amide bonds. The molecule has 0 radical (unpaired) electrons. The molecule has 0 aliphatic carbocycles. The monoisotopic (exact) mass is 319 g/mol. The van der Waals surface area contributed by atoms with Gasteiger partial charge >= 0.3 is 0 Å². The van der Waals surface area contributed by atoms with Crippen molar-refractivity contribution >= 4 is 11.6 Å². The Bertz CT molecular complexity index is 619. The Morgan fingerprint density at radius 2 is 1.59 bits per heavy atom. The van der Waals surface area contributed by atoms with Gasteiger partial charge in [0.25, 0.3) is 0 Å². The summed E-state index contributed by atoms with van der Waals surface area (Å²) in [4.78, 5) is 2.29. The lowest BCUT2D eigenvalue weighted by Gasteiger charge is -2.38. The lowest BCUT2D eigenvalue weighted by atomic mass is 9.84. The van der Waals surface area contributed by atoms with Crippen molar-refractivity contribution in [2.75, 3.05) is 13.1 Å². The summed E-state index contributed by atoms with van der Waals surface area (Å²) in [5.41, 5.74) is 1.25.